The average molecular weight is 313 g/mol. The summed E-state index contributed by atoms with van der Waals surface area (Å²) in [6.45, 7) is 7.49. The first kappa shape index (κ1) is 15.7. The highest BCUT2D eigenvalue weighted by Crippen LogP contribution is 2.42. The van der Waals surface area contributed by atoms with Crippen molar-refractivity contribution in [3.05, 3.63) is 34.9 Å². The van der Waals surface area contributed by atoms with Crippen LogP contribution in [0.25, 0.3) is 0 Å². The molecule has 2 N–H and O–H groups in total. The van der Waals surface area contributed by atoms with E-state index in [1.165, 1.54) is 5.56 Å². The third-order valence-corrected chi connectivity index (χ3v) is 4.75. The van der Waals surface area contributed by atoms with Crippen molar-refractivity contribution in [1.29, 1.82) is 0 Å². The molecule has 2 unspecified atom stereocenters. The second-order valence-corrected chi connectivity index (χ2v) is 7.32. The van der Waals surface area contributed by atoms with Crippen LogP contribution in [-0.2, 0) is 11.2 Å². The number of aliphatic imine (C=N–C) groups is 1. The van der Waals surface area contributed by atoms with Crippen molar-refractivity contribution < 1.29 is 9.59 Å². The van der Waals surface area contributed by atoms with Crippen molar-refractivity contribution in [3.63, 3.8) is 0 Å². The van der Waals surface area contributed by atoms with Gasteiger partial charge in [-0.15, -0.1) is 0 Å². The fourth-order valence-corrected chi connectivity index (χ4v) is 3.72. The van der Waals surface area contributed by atoms with Crippen LogP contribution in [0.2, 0.25) is 0 Å². The molecule has 0 aromatic heterocycles. The second kappa shape index (κ2) is 5.18. The van der Waals surface area contributed by atoms with Crippen LogP contribution in [0, 0.1) is 5.92 Å². The van der Waals surface area contributed by atoms with Crippen molar-refractivity contribution in [2.75, 3.05) is 0 Å². The first-order valence-corrected chi connectivity index (χ1v) is 8.01. The summed E-state index contributed by atoms with van der Waals surface area (Å²) in [7, 11) is 0. The summed E-state index contributed by atoms with van der Waals surface area (Å²) in [6.07, 6.45) is 1.22. The molecule has 1 heterocycles. The Bertz CT molecular complexity index is 721. The maximum absolute atomic E-state index is 12.7. The number of nitrogens with zero attached hydrogens (tertiary/aromatic N) is 2. The van der Waals surface area contributed by atoms with Gasteiger partial charge in [0.1, 0.15) is 0 Å². The summed E-state index contributed by atoms with van der Waals surface area (Å²) >= 11 is 0. The molecule has 0 saturated carbocycles. The Labute approximate surface area is 136 Å². The van der Waals surface area contributed by atoms with E-state index in [2.05, 4.69) is 11.9 Å². The first-order valence-electron chi connectivity index (χ1n) is 8.01. The van der Waals surface area contributed by atoms with Crippen molar-refractivity contribution in [2.24, 2.45) is 16.6 Å². The SMILES string of the molecule is CC(=O)c1ccc2c(c1)C(N1C(=O)CC(C)(C)N=C1N)C(C)C2. The van der Waals surface area contributed by atoms with Crippen LogP contribution in [0.5, 0.6) is 0 Å². The third kappa shape index (κ3) is 2.64. The summed E-state index contributed by atoms with van der Waals surface area (Å²) in [5.74, 6) is 0.551. The lowest BCUT2D eigenvalue weighted by molar-refractivity contribution is -0.131. The standard InChI is InChI=1S/C18H23N3O2/c1-10-7-13-6-5-12(11(2)22)8-14(13)16(10)21-15(23)9-18(3,4)20-17(21)19/h5-6,8,10,16H,7,9H2,1-4H3,(H2,19,20). The highest BCUT2D eigenvalue weighted by molar-refractivity contribution is 6.00. The topological polar surface area (TPSA) is 75.8 Å². The predicted molar refractivity (Wildman–Crippen MR) is 89.2 cm³/mol. The van der Waals surface area contributed by atoms with E-state index in [1.54, 1.807) is 11.8 Å². The number of rotatable bonds is 2. The third-order valence-electron chi connectivity index (χ3n) is 4.75. The molecule has 0 fully saturated rings. The summed E-state index contributed by atoms with van der Waals surface area (Å²) < 4.78 is 0. The molecule has 122 valence electrons. The molecule has 2 aliphatic rings. The van der Waals surface area contributed by atoms with Crippen LogP contribution < -0.4 is 5.73 Å². The Kier molecular flexibility index (Phi) is 3.54. The quantitative estimate of drug-likeness (QED) is 0.852. The average Bonchev–Trinajstić information content (AvgIpc) is 2.72. The number of benzene rings is 1. The van der Waals surface area contributed by atoms with Gasteiger partial charge in [-0.05, 0) is 50.3 Å². The summed E-state index contributed by atoms with van der Waals surface area (Å²) in [4.78, 5) is 30.5. The van der Waals surface area contributed by atoms with Crippen LogP contribution in [0.4, 0.5) is 0 Å². The van der Waals surface area contributed by atoms with Gasteiger partial charge in [0.15, 0.2) is 11.7 Å². The van der Waals surface area contributed by atoms with Gasteiger partial charge in [-0.25, -0.2) is 4.99 Å². The van der Waals surface area contributed by atoms with Crippen molar-refractivity contribution in [2.45, 2.75) is 52.1 Å². The van der Waals surface area contributed by atoms with Gasteiger partial charge in [0.2, 0.25) is 5.91 Å². The van der Waals surface area contributed by atoms with Crippen molar-refractivity contribution in [3.8, 4) is 0 Å². The van der Waals surface area contributed by atoms with Gasteiger partial charge in [0.25, 0.3) is 0 Å². The van der Waals surface area contributed by atoms with E-state index >= 15 is 0 Å². The number of carbonyl (C=O) groups excluding carboxylic acids is 2. The van der Waals surface area contributed by atoms with Gasteiger partial charge in [-0.3, -0.25) is 14.5 Å². The van der Waals surface area contributed by atoms with Crippen LogP contribution in [0.15, 0.2) is 23.2 Å². The Morgan fingerprint density at radius 1 is 1.39 bits per heavy atom. The van der Waals surface area contributed by atoms with E-state index in [1.807, 2.05) is 32.0 Å². The molecule has 0 spiro atoms. The maximum Gasteiger partial charge on any atom is 0.232 e. The lowest BCUT2D eigenvalue weighted by Gasteiger charge is -2.38. The number of fused-ring (bicyclic) bond motifs is 1. The summed E-state index contributed by atoms with van der Waals surface area (Å²) in [5.41, 5.74) is 8.55. The zero-order valence-corrected chi connectivity index (χ0v) is 14.1. The minimum absolute atomic E-state index is 0.000396. The molecule has 3 rings (SSSR count). The molecule has 1 amide bonds. The molecular formula is C18H23N3O2. The van der Waals surface area contributed by atoms with Crippen LogP contribution in [0.3, 0.4) is 0 Å². The van der Waals surface area contributed by atoms with E-state index in [-0.39, 0.29) is 29.6 Å². The second-order valence-electron chi connectivity index (χ2n) is 7.32. The number of ketones is 1. The van der Waals surface area contributed by atoms with E-state index in [0.29, 0.717) is 12.0 Å². The zero-order valence-electron chi connectivity index (χ0n) is 14.1. The maximum atomic E-state index is 12.7. The molecule has 1 aliphatic heterocycles. The molecule has 2 atom stereocenters. The lowest BCUT2D eigenvalue weighted by atomic mass is 9.94. The Morgan fingerprint density at radius 2 is 2.09 bits per heavy atom. The fourth-order valence-electron chi connectivity index (χ4n) is 3.72. The fraction of sp³-hybridized carbons (Fsp3) is 0.500. The number of guanidine groups is 1. The smallest absolute Gasteiger partial charge is 0.232 e. The van der Waals surface area contributed by atoms with Gasteiger partial charge < -0.3 is 5.73 Å². The van der Waals surface area contributed by atoms with Crippen molar-refractivity contribution >= 4 is 17.6 Å². The number of amides is 1. The molecule has 5 heteroatoms. The Morgan fingerprint density at radius 3 is 2.70 bits per heavy atom. The molecule has 1 aromatic carbocycles. The predicted octanol–water partition coefficient (Wildman–Crippen LogP) is 2.45. The zero-order chi connectivity index (χ0) is 16.9. The van der Waals surface area contributed by atoms with Crippen LogP contribution >= 0.6 is 0 Å². The minimum atomic E-state index is -0.455. The molecular weight excluding hydrogens is 290 g/mol. The van der Waals surface area contributed by atoms with E-state index < -0.39 is 5.54 Å². The molecule has 0 radical (unpaired) electrons. The number of hydrogen-bond acceptors (Lipinski definition) is 4. The Hall–Kier alpha value is -2.17. The highest BCUT2D eigenvalue weighted by atomic mass is 16.2. The molecule has 0 bridgehead atoms. The van der Waals surface area contributed by atoms with Crippen molar-refractivity contribution in [1.82, 2.24) is 4.90 Å². The molecule has 1 aliphatic carbocycles. The van der Waals surface area contributed by atoms with Gasteiger partial charge in [-0.1, -0.05) is 19.1 Å². The van der Waals surface area contributed by atoms with Gasteiger partial charge in [-0.2, -0.15) is 0 Å². The van der Waals surface area contributed by atoms with Crippen LogP contribution in [-0.4, -0.2) is 28.1 Å². The molecule has 1 aromatic rings. The number of nitrogens with two attached hydrogens (primary N) is 1. The number of carbonyl (C=O) groups is 2. The first-order chi connectivity index (χ1) is 10.7. The lowest BCUT2D eigenvalue weighted by Crippen LogP contribution is -2.52. The molecule has 23 heavy (non-hydrogen) atoms. The van der Waals surface area contributed by atoms with E-state index in [4.69, 9.17) is 5.73 Å². The van der Waals surface area contributed by atoms with Gasteiger partial charge in [0, 0.05) is 5.56 Å². The summed E-state index contributed by atoms with van der Waals surface area (Å²) in [5, 5.41) is 0. The highest BCUT2D eigenvalue weighted by Gasteiger charge is 2.42. The van der Waals surface area contributed by atoms with Crippen LogP contribution in [0.1, 0.15) is 61.6 Å². The largest absolute Gasteiger partial charge is 0.369 e. The Balaban J connectivity index is 2.07. The monoisotopic (exact) mass is 313 g/mol. The number of hydrogen-bond donors (Lipinski definition) is 1. The normalized spacial score (nSPS) is 26.0. The van der Waals surface area contributed by atoms with E-state index in [0.717, 1.165) is 12.0 Å². The molecule has 0 saturated heterocycles. The summed E-state index contributed by atoms with van der Waals surface area (Å²) in [6, 6.07) is 5.62. The van der Waals surface area contributed by atoms with Gasteiger partial charge >= 0.3 is 0 Å². The number of Topliss-reactive ketones (excluding diaryl/α,β-unsaturated/α-hetero) is 1. The van der Waals surface area contributed by atoms with Gasteiger partial charge in [0.05, 0.1) is 18.0 Å². The van der Waals surface area contributed by atoms with E-state index in [9.17, 15) is 9.59 Å². The molecule has 5 nitrogen and oxygen atoms in total. The minimum Gasteiger partial charge on any atom is -0.369 e.